The molecule has 98 valence electrons. The fourth-order valence-corrected chi connectivity index (χ4v) is 1.73. The molecule has 4 N–H and O–H groups in total. The third kappa shape index (κ3) is 3.17. The first-order valence-corrected chi connectivity index (χ1v) is 5.78. The topological polar surface area (TPSA) is 102 Å². The molecule has 0 aromatic heterocycles. The summed E-state index contributed by atoms with van der Waals surface area (Å²) in [4.78, 5) is 23.1. The average molecular weight is 244 g/mol. The molecule has 1 aliphatic heterocycles. The van der Waals surface area contributed by atoms with E-state index in [1.54, 1.807) is 0 Å². The first kappa shape index (κ1) is 13.9. The number of carbonyl (C=O) groups is 2. The first-order chi connectivity index (χ1) is 7.89. The molecule has 1 rings (SSSR count). The maximum absolute atomic E-state index is 11.8. The van der Waals surface area contributed by atoms with E-state index >= 15 is 0 Å². The first-order valence-electron chi connectivity index (χ1n) is 5.78. The molecule has 0 saturated carbocycles. The summed E-state index contributed by atoms with van der Waals surface area (Å²) in [5, 5.41) is 11.8. The number of carboxylic acids is 1. The highest BCUT2D eigenvalue weighted by molar-refractivity contribution is 5.89. The molecule has 6 heteroatoms. The second kappa shape index (κ2) is 5.46. The van der Waals surface area contributed by atoms with Crippen molar-refractivity contribution in [3.63, 3.8) is 0 Å². The molecule has 6 nitrogen and oxygen atoms in total. The second-order valence-electron chi connectivity index (χ2n) is 4.76. The predicted octanol–water partition coefficient (Wildman–Crippen LogP) is -0.280. The van der Waals surface area contributed by atoms with Crippen LogP contribution in [-0.4, -0.2) is 41.8 Å². The van der Waals surface area contributed by atoms with Crippen LogP contribution in [0.2, 0.25) is 0 Å². The van der Waals surface area contributed by atoms with Crippen LogP contribution < -0.4 is 11.1 Å². The number of amides is 1. The lowest BCUT2D eigenvalue weighted by Crippen LogP contribution is -2.61. The number of nitrogens with one attached hydrogen (secondary N) is 1. The minimum Gasteiger partial charge on any atom is -0.480 e. The average Bonchev–Trinajstić information content (AvgIpc) is 2.28. The van der Waals surface area contributed by atoms with Gasteiger partial charge in [0.2, 0.25) is 5.91 Å². The van der Waals surface area contributed by atoms with Crippen LogP contribution in [0.4, 0.5) is 0 Å². The van der Waals surface area contributed by atoms with E-state index in [1.165, 1.54) is 0 Å². The Morgan fingerprint density at radius 2 is 1.88 bits per heavy atom. The van der Waals surface area contributed by atoms with Crippen molar-refractivity contribution in [3.8, 4) is 0 Å². The van der Waals surface area contributed by atoms with Crippen molar-refractivity contribution < 1.29 is 19.4 Å². The Morgan fingerprint density at radius 1 is 1.35 bits per heavy atom. The molecule has 0 aliphatic carbocycles. The van der Waals surface area contributed by atoms with Gasteiger partial charge < -0.3 is 20.9 Å². The van der Waals surface area contributed by atoms with Gasteiger partial charge in [0.25, 0.3) is 0 Å². The normalized spacial score (nSPS) is 20.9. The van der Waals surface area contributed by atoms with Gasteiger partial charge in [-0.1, -0.05) is 13.8 Å². The van der Waals surface area contributed by atoms with Gasteiger partial charge in [-0.05, 0) is 5.92 Å². The SMILES string of the molecule is CC(C)C(N)C(=O)NC1(C(=O)O)CCOCC1. The third-order valence-corrected chi connectivity index (χ3v) is 3.14. The van der Waals surface area contributed by atoms with Crippen LogP contribution in [0.3, 0.4) is 0 Å². The van der Waals surface area contributed by atoms with Crippen molar-refractivity contribution in [2.45, 2.75) is 38.3 Å². The van der Waals surface area contributed by atoms with Gasteiger partial charge in [0.1, 0.15) is 5.54 Å². The summed E-state index contributed by atoms with van der Waals surface area (Å²) in [6.45, 7) is 4.32. The molecular weight excluding hydrogens is 224 g/mol. The van der Waals surface area contributed by atoms with E-state index in [0.717, 1.165) is 0 Å². The highest BCUT2D eigenvalue weighted by Crippen LogP contribution is 2.21. The van der Waals surface area contributed by atoms with Crippen LogP contribution in [0.15, 0.2) is 0 Å². The predicted molar refractivity (Wildman–Crippen MR) is 61.4 cm³/mol. The van der Waals surface area contributed by atoms with E-state index in [0.29, 0.717) is 13.2 Å². The van der Waals surface area contributed by atoms with Gasteiger partial charge in [-0.3, -0.25) is 4.79 Å². The van der Waals surface area contributed by atoms with Crippen LogP contribution in [0.1, 0.15) is 26.7 Å². The standard InChI is InChI=1S/C11H20N2O4/c1-7(2)8(12)9(14)13-11(10(15)16)3-5-17-6-4-11/h7-8H,3-6,12H2,1-2H3,(H,13,14)(H,15,16). The second-order valence-corrected chi connectivity index (χ2v) is 4.76. The number of hydrogen-bond donors (Lipinski definition) is 3. The van der Waals surface area contributed by atoms with Gasteiger partial charge in [-0.25, -0.2) is 4.79 Å². The highest BCUT2D eigenvalue weighted by atomic mass is 16.5. The molecule has 1 amide bonds. The molecule has 1 aliphatic rings. The molecule has 0 bridgehead atoms. The lowest BCUT2D eigenvalue weighted by atomic mass is 9.89. The molecule has 1 unspecified atom stereocenters. The lowest BCUT2D eigenvalue weighted by Gasteiger charge is -2.35. The van der Waals surface area contributed by atoms with E-state index in [-0.39, 0.29) is 18.8 Å². The fourth-order valence-electron chi connectivity index (χ4n) is 1.73. The van der Waals surface area contributed by atoms with E-state index in [1.807, 2.05) is 13.8 Å². The van der Waals surface area contributed by atoms with Crippen molar-refractivity contribution >= 4 is 11.9 Å². The van der Waals surface area contributed by atoms with Crippen LogP contribution in [0.25, 0.3) is 0 Å². The molecule has 0 spiro atoms. The van der Waals surface area contributed by atoms with Gasteiger partial charge in [0.15, 0.2) is 0 Å². The highest BCUT2D eigenvalue weighted by Gasteiger charge is 2.42. The van der Waals surface area contributed by atoms with Crippen molar-refractivity contribution in [1.29, 1.82) is 0 Å². The summed E-state index contributed by atoms with van der Waals surface area (Å²) in [5.74, 6) is -1.46. The minimum absolute atomic E-state index is 0.0271. The Kier molecular flexibility index (Phi) is 4.47. The number of carboxylic acid groups (broad SMARTS) is 1. The van der Waals surface area contributed by atoms with Gasteiger partial charge in [-0.2, -0.15) is 0 Å². The van der Waals surface area contributed by atoms with Crippen LogP contribution in [0.5, 0.6) is 0 Å². The number of nitrogens with two attached hydrogens (primary N) is 1. The van der Waals surface area contributed by atoms with E-state index < -0.39 is 23.5 Å². The molecular formula is C11H20N2O4. The van der Waals surface area contributed by atoms with Gasteiger partial charge >= 0.3 is 5.97 Å². The Balaban J connectivity index is 2.73. The molecule has 17 heavy (non-hydrogen) atoms. The van der Waals surface area contributed by atoms with Gasteiger partial charge in [0, 0.05) is 26.1 Å². The smallest absolute Gasteiger partial charge is 0.329 e. The molecule has 1 atom stereocenters. The zero-order chi connectivity index (χ0) is 13.1. The van der Waals surface area contributed by atoms with Gasteiger partial charge in [0.05, 0.1) is 6.04 Å². The Morgan fingerprint density at radius 3 is 2.29 bits per heavy atom. The summed E-state index contributed by atoms with van der Waals surface area (Å²) in [7, 11) is 0. The molecule has 0 aromatic carbocycles. The van der Waals surface area contributed by atoms with Crippen molar-refractivity contribution in [3.05, 3.63) is 0 Å². The number of rotatable bonds is 4. The monoisotopic (exact) mass is 244 g/mol. The zero-order valence-corrected chi connectivity index (χ0v) is 10.2. The molecule has 1 heterocycles. The van der Waals surface area contributed by atoms with Crippen molar-refractivity contribution in [2.24, 2.45) is 11.7 Å². The number of hydrogen-bond acceptors (Lipinski definition) is 4. The summed E-state index contributed by atoms with van der Waals surface area (Å²) in [6, 6.07) is -0.686. The molecule has 1 saturated heterocycles. The quantitative estimate of drug-likeness (QED) is 0.631. The van der Waals surface area contributed by atoms with E-state index in [9.17, 15) is 14.7 Å². The summed E-state index contributed by atoms with van der Waals surface area (Å²) in [5.41, 5.74) is 4.48. The zero-order valence-electron chi connectivity index (χ0n) is 10.2. The van der Waals surface area contributed by atoms with Gasteiger partial charge in [-0.15, -0.1) is 0 Å². The number of aliphatic carboxylic acids is 1. The van der Waals surface area contributed by atoms with Crippen LogP contribution >= 0.6 is 0 Å². The maximum atomic E-state index is 11.8. The van der Waals surface area contributed by atoms with E-state index in [4.69, 9.17) is 10.5 Å². The Bertz CT molecular complexity index is 298. The molecule has 0 radical (unpaired) electrons. The summed E-state index contributed by atoms with van der Waals surface area (Å²) >= 11 is 0. The summed E-state index contributed by atoms with van der Waals surface area (Å²) < 4.78 is 5.12. The number of carbonyl (C=O) groups excluding carboxylic acids is 1. The Labute approximate surface area is 101 Å². The largest absolute Gasteiger partial charge is 0.480 e. The molecule has 1 fully saturated rings. The van der Waals surface area contributed by atoms with Crippen molar-refractivity contribution in [2.75, 3.05) is 13.2 Å². The van der Waals surface area contributed by atoms with Crippen LogP contribution in [-0.2, 0) is 14.3 Å². The Hall–Kier alpha value is -1.14. The van der Waals surface area contributed by atoms with Crippen molar-refractivity contribution in [1.82, 2.24) is 5.32 Å². The third-order valence-electron chi connectivity index (χ3n) is 3.14. The summed E-state index contributed by atoms with van der Waals surface area (Å²) in [6.07, 6.45) is 0.553. The minimum atomic E-state index is -1.22. The van der Waals surface area contributed by atoms with E-state index in [2.05, 4.69) is 5.32 Å². The maximum Gasteiger partial charge on any atom is 0.329 e. The molecule has 0 aromatic rings. The fraction of sp³-hybridized carbons (Fsp3) is 0.818. The van der Waals surface area contributed by atoms with Crippen LogP contribution in [0, 0.1) is 5.92 Å². The lowest BCUT2D eigenvalue weighted by molar-refractivity contribution is -0.152. The number of ether oxygens (including phenoxy) is 1.